The SMILES string of the molecule is c1ccc(-c2nc(-c3ccc(-n4c5ccccc5c5ccc6oc7ccccc7c6c54)cc3)nc(-c3cccc(-c4ccc5c(c4)oc4cccc(-c6ccc7c8ccc9sc%10ccccc%10c9c8n(-c8nc(-c9ccccc9)nc(-c9ccccc9)n8)c7c6)c45)c3)n2)cc1. The molecule has 0 saturated heterocycles. The monoisotopic (exact) mass is 1230 g/mol. The van der Waals surface area contributed by atoms with Gasteiger partial charge in [-0.3, -0.25) is 4.57 Å². The molecule has 0 aliphatic carbocycles. The zero-order chi connectivity index (χ0) is 62.2. The summed E-state index contributed by atoms with van der Waals surface area (Å²) in [5.74, 6) is 3.47. The molecule has 0 amide bonds. The van der Waals surface area contributed by atoms with Crippen LogP contribution in [0.5, 0.6) is 0 Å². The highest BCUT2D eigenvalue weighted by Crippen LogP contribution is 2.47. The first-order chi connectivity index (χ1) is 47.1. The van der Waals surface area contributed by atoms with Crippen LogP contribution < -0.4 is 0 Å². The van der Waals surface area contributed by atoms with E-state index in [1.165, 1.54) is 30.9 Å². The van der Waals surface area contributed by atoms with E-state index in [4.69, 9.17) is 38.7 Å². The summed E-state index contributed by atoms with van der Waals surface area (Å²) in [5.41, 5.74) is 17.1. The normalized spacial score (nSPS) is 12.0. The second-order valence-electron chi connectivity index (χ2n) is 24.1. The Hall–Kier alpha value is -12.7. The largest absolute Gasteiger partial charge is 0.456 e. The smallest absolute Gasteiger partial charge is 0.238 e. The highest BCUT2D eigenvalue weighted by molar-refractivity contribution is 7.26. The molecular formula is C84H48N8O2S. The van der Waals surface area contributed by atoms with E-state index in [0.717, 1.165) is 132 Å². The maximum absolute atomic E-state index is 6.88. The number of para-hydroxylation sites is 2. The van der Waals surface area contributed by atoms with Crippen LogP contribution in [0, 0.1) is 0 Å². The molecule has 20 rings (SSSR count). The molecule has 11 heteroatoms. The Morgan fingerprint density at radius 1 is 0.253 bits per heavy atom. The molecule has 0 aliphatic heterocycles. The highest BCUT2D eigenvalue weighted by atomic mass is 32.1. The van der Waals surface area contributed by atoms with Crippen LogP contribution in [0.25, 0.3) is 198 Å². The topological polar surface area (TPSA) is 113 Å². The third-order valence-electron chi connectivity index (χ3n) is 18.6. The summed E-state index contributed by atoms with van der Waals surface area (Å²) in [6.07, 6.45) is 0. The van der Waals surface area contributed by atoms with Crippen molar-refractivity contribution in [2.75, 3.05) is 0 Å². The maximum Gasteiger partial charge on any atom is 0.238 e. The fraction of sp³-hybridized carbons (Fsp3) is 0. The average Bonchev–Trinajstić information content (AvgIpc) is 1.57. The Morgan fingerprint density at radius 3 is 1.47 bits per heavy atom. The van der Waals surface area contributed by atoms with Crippen molar-refractivity contribution in [3.63, 3.8) is 0 Å². The molecule has 0 saturated carbocycles. The summed E-state index contributed by atoms with van der Waals surface area (Å²) in [7, 11) is 0. The quantitative estimate of drug-likeness (QED) is 0.140. The second kappa shape index (κ2) is 20.9. The lowest BCUT2D eigenvalue weighted by molar-refractivity contribution is 0.669. The first-order valence-electron chi connectivity index (χ1n) is 31.6. The maximum atomic E-state index is 6.88. The van der Waals surface area contributed by atoms with Crippen LogP contribution in [0.2, 0.25) is 0 Å². The van der Waals surface area contributed by atoms with Gasteiger partial charge in [0.1, 0.15) is 22.3 Å². The minimum atomic E-state index is 0.543. The van der Waals surface area contributed by atoms with Crippen molar-refractivity contribution in [3.05, 3.63) is 291 Å². The lowest BCUT2D eigenvalue weighted by Gasteiger charge is -2.12. The minimum Gasteiger partial charge on any atom is -0.456 e. The Bertz CT molecular complexity index is 6470. The molecule has 442 valence electrons. The molecule has 10 nitrogen and oxygen atoms in total. The third-order valence-corrected chi connectivity index (χ3v) is 19.8. The number of fused-ring (bicyclic) bond motifs is 17. The zero-order valence-corrected chi connectivity index (χ0v) is 51.3. The number of benzene rings is 13. The fourth-order valence-corrected chi connectivity index (χ4v) is 15.4. The van der Waals surface area contributed by atoms with Crippen molar-refractivity contribution in [3.8, 4) is 90.8 Å². The van der Waals surface area contributed by atoms with E-state index in [0.29, 0.717) is 35.1 Å². The van der Waals surface area contributed by atoms with Gasteiger partial charge in [-0.05, 0) is 113 Å². The summed E-state index contributed by atoms with van der Waals surface area (Å²) in [4.78, 5) is 31.4. The second-order valence-corrected chi connectivity index (χ2v) is 25.2. The first kappa shape index (κ1) is 53.0. The van der Waals surface area contributed by atoms with E-state index in [-0.39, 0.29) is 0 Å². The van der Waals surface area contributed by atoms with E-state index < -0.39 is 0 Å². The molecule has 0 N–H and O–H groups in total. The Kier molecular flexibility index (Phi) is 11.7. The van der Waals surface area contributed by atoms with Gasteiger partial charge in [0.2, 0.25) is 5.95 Å². The van der Waals surface area contributed by atoms with Gasteiger partial charge in [-0.2, -0.15) is 9.97 Å². The molecule has 0 fully saturated rings. The van der Waals surface area contributed by atoms with E-state index in [1.807, 2.05) is 78.9 Å². The molecule has 0 radical (unpaired) electrons. The van der Waals surface area contributed by atoms with Crippen molar-refractivity contribution in [2.45, 2.75) is 0 Å². The predicted octanol–water partition coefficient (Wildman–Crippen LogP) is 22.1. The van der Waals surface area contributed by atoms with Crippen LogP contribution in [0.1, 0.15) is 0 Å². The van der Waals surface area contributed by atoms with Crippen molar-refractivity contribution in [2.24, 2.45) is 0 Å². The van der Waals surface area contributed by atoms with Crippen molar-refractivity contribution in [1.29, 1.82) is 0 Å². The van der Waals surface area contributed by atoms with Gasteiger partial charge in [-0.1, -0.05) is 200 Å². The molecule has 0 unspecified atom stereocenters. The van der Waals surface area contributed by atoms with Gasteiger partial charge in [0, 0.05) is 91.4 Å². The van der Waals surface area contributed by atoms with Gasteiger partial charge in [0.25, 0.3) is 0 Å². The molecule has 13 aromatic carbocycles. The molecule has 0 spiro atoms. The number of furan rings is 2. The standard InChI is InChI=1S/C84H48N8O2S/c1-4-18-49(19-5-1)79-85-80(52-34-38-57(39-35-52)91-66-30-13-10-26-59(66)61-42-44-70-75(77(61)91)63-27-11-14-31-68(63)93-70)87-83(86-79)56-25-16-24-53(46-56)54-36-41-64-71(48-54)94-69-32-17-29-58(74(64)69)55-37-40-60-62-43-45-73-76(65-28-12-15-33-72(65)95-73)78(62)92(67(60)47-55)84-89-81(50-20-6-2-7-21-50)88-82(90-84)51-22-8-3-9-23-51/h1-48H. The summed E-state index contributed by atoms with van der Waals surface area (Å²) >= 11 is 1.81. The summed E-state index contributed by atoms with van der Waals surface area (Å²) in [5, 5.41) is 11.2. The molecular weight excluding hydrogens is 1190 g/mol. The minimum absolute atomic E-state index is 0.543. The van der Waals surface area contributed by atoms with Gasteiger partial charge in [-0.25, -0.2) is 19.9 Å². The molecule has 0 bridgehead atoms. The number of rotatable bonds is 9. The van der Waals surface area contributed by atoms with Gasteiger partial charge < -0.3 is 13.4 Å². The molecule has 7 heterocycles. The van der Waals surface area contributed by atoms with Gasteiger partial charge in [0.15, 0.2) is 29.1 Å². The summed E-state index contributed by atoms with van der Waals surface area (Å²) in [6, 6.07) is 102. The van der Waals surface area contributed by atoms with Crippen LogP contribution in [0.15, 0.2) is 300 Å². The molecule has 0 aliphatic rings. The number of aromatic nitrogens is 8. The third kappa shape index (κ3) is 8.43. The predicted molar refractivity (Wildman–Crippen MR) is 387 cm³/mol. The van der Waals surface area contributed by atoms with Crippen LogP contribution in [-0.2, 0) is 0 Å². The van der Waals surface area contributed by atoms with E-state index in [1.54, 1.807) is 11.3 Å². The lowest BCUT2D eigenvalue weighted by atomic mass is 9.97. The highest BCUT2D eigenvalue weighted by Gasteiger charge is 2.25. The number of thiophene rings is 1. The van der Waals surface area contributed by atoms with Crippen molar-refractivity contribution >= 4 is 119 Å². The molecule has 95 heavy (non-hydrogen) atoms. The van der Waals surface area contributed by atoms with Gasteiger partial charge in [0.05, 0.1) is 27.5 Å². The van der Waals surface area contributed by atoms with Crippen molar-refractivity contribution in [1.82, 2.24) is 39.0 Å². The number of hydrogen-bond donors (Lipinski definition) is 0. The fourth-order valence-electron chi connectivity index (χ4n) is 14.3. The Morgan fingerprint density at radius 2 is 0.737 bits per heavy atom. The van der Waals surface area contributed by atoms with Crippen molar-refractivity contribution < 1.29 is 8.83 Å². The van der Waals surface area contributed by atoms with Crippen LogP contribution in [0.3, 0.4) is 0 Å². The van der Waals surface area contributed by atoms with Gasteiger partial charge >= 0.3 is 0 Å². The van der Waals surface area contributed by atoms with Gasteiger partial charge in [-0.15, -0.1) is 11.3 Å². The number of hydrogen-bond acceptors (Lipinski definition) is 9. The van der Waals surface area contributed by atoms with E-state index in [9.17, 15) is 0 Å². The Labute approximate surface area is 545 Å². The van der Waals surface area contributed by atoms with E-state index in [2.05, 4.69) is 221 Å². The summed E-state index contributed by atoms with van der Waals surface area (Å²) in [6.45, 7) is 0. The summed E-state index contributed by atoms with van der Waals surface area (Å²) < 4.78 is 20.3. The lowest BCUT2D eigenvalue weighted by Crippen LogP contribution is -2.06. The first-order valence-corrected chi connectivity index (χ1v) is 32.5. The molecule has 7 aromatic heterocycles. The Balaban J connectivity index is 0.695. The molecule has 20 aromatic rings. The van der Waals surface area contributed by atoms with E-state index >= 15 is 0 Å². The zero-order valence-electron chi connectivity index (χ0n) is 50.5. The molecule has 0 atom stereocenters. The average molecular weight is 1230 g/mol. The van der Waals surface area contributed by atoms with Crippen LogP contribution in [0.4, 0.5) is 0 Å². The van der Waals surface area contributed by atoms with Crippen LogP contribution in [-0.4, -0.2) is 39.0 Å². The number of nitrogens with zero attached hydrogens (tertiary/aromatic N) is 8. The van der Waals surface area contributed by atoms with Crippen LogP contribution >= 0.6 is 11.3 Å².